The van der Waals surface area contributed by atoms with Crippen molar-refractivity contribution in [1.29, 1.82) is 0 Å². The molecule has 0 atom stereocenters. The molecular formula is C21H22FN3O. The van der Waals surface area contributed by atoms with Crippen LogP contribution in [0.25, 0.3) is 5.57 Å². The average Bonchev–Trinajstić information content (AvgIpc) is 2.96. The van der Waals surface area contributed by atoms with Crippen molar-refractivity contribution in [3.63, 3.8) is 0 Å². The van der Waals surface area contributed by atoms with Crippen LogP contribution in [0.2, 0.25) is 0 Å². The van der Waals surface area contributed by atoms with Gasteiger partial charge in [-0.25, -0.2) is 4.39 Å². The molecule has 26 heavy (non-hydrogen) atoms. The van der Waals surface area contributed by atoms with Crippen molar-refractivity contribution in [2.24, 2.45) is 5.92 Å². The van der Waals surface area contributed by atoms with Crippen molar-refractivity contribution >= 4 is 28.5 Å². The van der Waals surface area contributed by atoms with Gasteiger partial charge in [0.25, 0.3) is 5.91 Å². The predicted molar refractivity (Wildman–Crippen MR) is 104 cm³/mol. The van der Waals surface area contributed by atoms with Crippen LogP contribution in [0.1, 0.15) is 25.3 Å². The number of amides is 1. The lowest BCUT2D eigenvalue weighted by atomic mass is 9.99. The molecule has 0 unspecified atom stereocenters. The van der Waals surface area contributed by atoms with Crippen molar-refractivity contribution in [2.75, 3.05) is 28.6 Å². The van der Waals surface area contributed by atoms with Gasteiger partial charge in [0.2, 0.25) is 0 Å². The molecular weight excluding hydrogens is 329 g/mol. The minimum absolute atomic E-state index is 0.225. The molecule has 2 aromatic carbocycles. The van der Waals surface area contributed by atoms with E-state index in [-0.39, 0.29) is 11.7 Å². The molecule has 4 rings (SSSR count). The Kier molecular flexibility index (Phi) is 4.37. The van der Waals surface area contributed by atoms with E-state index in [2.05, 4.69) is 34.6 Å². The summed E-state index contributed by atoms with van der Waals surface area (Å²) < 4.78 is 13.5. The van der Waals surface area contributed by atoms with Crippen molar-refractivity contribution in [3.05, 3.63) is 60.0 Å². The Morgan fingerprint density at radius 3 is 2.62 bits per heavy atom. The van der Waals surface area contributed by atoms with Gasteiger partial charge in [0.05, 0.1) is 5.57 Å². The molecule has 4 nitrogen and oxygen atoms in total. The maximum absolute atomic E-state index is 13.5. The van der Waals surface area contributed by atoms with Crippen LogP contribution in [0.5, 0.6) is 0 Å². The molecule has 5 heteroatoms. The molecule has 2 heterocycles. The number of fused-ring (bicyclic) bond motifs is 1. The second kappa shape index (κ2) is 6.83. The number of halogens is 1. The summed E-state index contributed by atoms with van der Waals surface area (Å²) >= 11 is 0. The Morgan fingerprint density at radius 2 is 1.88 bits per heavy atom. The number of carbonyl (C=O) groups is 1. The fourth-order valence-electron chi connectivity index (χ4n) is 3.49. The highest BCUT2D eigenvalue weighted by Gasteiger charge is 2.24. The molecule has 2 aliphatic heterocycles. The summed E-state index contributed by atoms with van der Waals surface area (Å²) in [5.74, 6) is 0.229. The third kappa shape index (κ3) is 3.29. The molecule has 0 radical (unpaired) electrons. The molecule has 0 aromatic heterocycles. The van der Waals surface area contributed by atoms with Gasteiger partial charge >= 0.3 is 0 Å². The highest BCUT2D eigenvalue weighted by Crippen LogP contribution is 2.32. The Labute approximate surface area is 152 Å². The van der Waals surface area contributed by atoms with E-state index >= 15 is 0 Å². The fourth-order valence-corrected chi connectivity index (χ4v) is 3.49. The molecule has 0 aliphatic carbocycles. The lowest BCUT2D eigenvalue weighted by Crippen LogP contribution is -2.32. The summed E-state index contributed by atoms with van der Waals surface area (Å²) in [5, 5.41) is 5.90. The number of hydrogen-bond acceptors (Lipinski definition) is 3. The Hall–Kier alpha value is -2.82. The molecule has 1 amide bonds. The molecule has 1 fully saturated rings. The van der Waals surface area contributed by atoms with Crippen molar-refractivity contribution < 1.29 is 9.18 Å². The molecule has 2 N–H and O–H groups in total. The number of nitrogens with zero attached hydrogens (tertiary/aromatic N) is 1. The van der Waals surface area contributed by atoms with Crippen LogP contribution < -0.4 is 15.5 Å². The molecule has 0 bridgehead atoms. The SMILES string of the molecule is CC1CCN(c2ccc(NC=C3C(=O)Nc4ccc(F)cc43)cc2)CC1. The lowest BCUT2D eigenvalue weighted by Gasteiger charge is -2.32. The van der Waals surface area contributed by atoms with Gasteiger partial charge in [0, 0.05) is 41.9 Å². The molecule has 2 aromatic rings. The van der Waals surface area contributed by atoms with E-state index in [1.165, 1.54) is 30.7 Å². The first-order valence-electron chi connectivity index (χ1n) is 9.03. The van der Waals surface area contributed by atoms with E-state index in [0.29, 0.717) is 16.8 Å². The minimum atomic E-state index is -0.355. The maximum atomic E-state index is 13.5. The zero-order chi connectivity index (χ0) is 18.1. The summed E-state index contributed by atoms with van der Waals surface area (Å²) in [5.41, 5.74) is 3.78. The second-order valence-electron chi connectivity index (χ2n) is 7.06. The quantitative estimate of drug-likeness (QED) is 0.802. The maximum Gasteiger partial charge on any atom is 0.257 e. The van der Waals surface area contributed by atoms with E-state index in [0.717, 1.165) is 24.7 Å². The molecule has 0 spiro atoms. The highest BCUT2D eigenvalue weighted by atomic mass is 19.1. The van der Waals surface area contributed by atoms with Crippen molar-refractivity contribution in [2.45, 2.75) is 19.8 Å². The van der Waals surface area contributed by atoms with E-state index in [1.807, 2.05) is 12.1 Å². The van der Waals surface area contributed by atoms with Crippen molar-refractivity contribution in [1.82, 2.24) is 0 Å². The van der Waals surface area contributed by atoms with Gasteiger partial charge < -0.3 is 15.5 Å². The number of hydrogen-bond donors (Lipinski definition) is 2. The summed E-state index contributed by atoms with van der Waals surface area (Å²) in [6.45, 7) is 4.50. The first kappa shape index (κ1) is 16.6. The number of benzene rings is 2. The van der Waals surface area contributed by atoms with Crippen LogP contribution >= 0.6 is 0 Å². The predicted octanol–water partition coefficient (Wildman–Crippen LogP) is 4.47. The third-order valence-corrected chi connectivity index (χ3v) is 5.16. The van der Waals surface area contributed by atoms with E-state index < -0.39 is 0 Å². The van der Waals surface area contributed by atoms with Gasteiger partial charge in [-0.3, -0.25) is 4.79 Å². The van der Waals surface area contributed by atoms with Gasteiger partial charge in [0.1, 0.15) is 5.82 Å². The molecule has 1 saturated heterocycles. The summed E-state index contributed by atoms with van der Waals surface area (Å²) in [6.07, 6.45) is 4.10. The van der Waals surface area contributed by atoms with Gasteiger partial charge in [-0.05, 0) is 61.2 Å². The first-order valence-corrected chi connectivity index (χ1v) is 9.03. The highest BCUT2D eigenvalue weighted by molar-refractivity contribution is 6.31. The van der Waals surface area contributed by atoms with E-state index in [1.54, 1.807) is 12.3 Å². The van der Waals surface area contributed by atoms with Crippen LogP contribution in [-0.4, -0.2) is 19.0 Å². The number of rotatable bonds is 3. The minimum Gasteiger partial charge on any atom is -0.372 e. The van der Waals surface area contributed by atoms with Crippen LogP contribution in [0.3, 0.4) is 0 Å². The van der Waals surface area contributed by atoms with Crippen molar-refractivity contribution in [3.8, 4) is 0 Å². The van der Waals surface area contributed by atoms with Crippen LogP contribution in [0.4, 0.5) is 21.5 Å². The van der Waals surface area contributed by atoms with Crippen LogP contribution in [0.15, 0.2) is 48.7 Å². The standard InChI is InChI=1S/C21H22FN3O/c1-14-8-10-25(11-9-14)17-5-3-16(4-6-17)23-13-19-18-12-15(22)2-7-20(18)24-21(19)26/h2-7,12-14,23H,8-11H2,1H3,(H,24,26). The summed E-state index contributed by atoms with van der Waals surface area (Å²) in [4.78, 5) is 14.5. The van der Waals surface area contributed by atoms with E-state index in [4.69, 9.17) is 0 Å². The van der Waals surface area contributed by atoms with Gasteiger partial charge in [0.15, 0.2) is 0 Å². The summed E-state index contributed by atoms with van der Waals surface area (Å²) in [6, 6.07) is 12.5. The van der Waals surface area contributed by atoms with Gasteiger partial charge in [-0.15, -0.1) is 0 Å². The Balaban J connectivity index is 1.48. The number of piperidine rings is 1. The zero-order valence-electron chi connectivity index (χ0n) is 14.8. The first-order chi connectivity index (χ1) is 12.6. The normalized spacial score (nSPS) is 18.8. The molecule has 2 aliphatic rings. The largest absolute Gasteiger partial charge is 0.372 e. The molecule has 0 saturated carbocycles. The van der Waals surface area contributed by atoms with E-state index in [9.17, 15) is 9.18 Å². The van der Waals surface area contributed by atoms with Gasteiger partial charge in [-0.2, -0.15) is 0 Å². The fraction of sp³-hybridized carbons (Fsp3) is 0.286. The second-order valence-corrected chi connectivity index (χ2v) is 7.06. The smallest absolute Gasteiger partial charge is 0.257 e. The Bertz CT molecular complexity index is 852. The van der Waals surface area contributed by atoms with Crippen LogP contribution in [0, 0.1) is 11.7 Å². The monoisotopic (exact) mass is 351 g/mol. The summed E-state index contributed by atoms with van der Waals surface area (Å²) in [7, 11) is 0. The van der Waals surface area contributed by atoms with Crippen LogP contribution in [-0.2, 0) is 4.79 Å². The Morgan fingerprint density at radius 1 is 1.15 bits per heavy atom. The number of carbonyl (C=O) groups excluding carboxylic acids is 1. The third-order valence-electron chi connectivity index (χ3n) is 5.16. The molecule has 134 valence electrons. The zero-order valence-corrected chi connectivity index (χ0v) is 14.8. The lowest BCUT2D eigenvalue weighted by molar-refractivity contribution is -0.110. The average molecular weight is 351 g/mol. The topological polar surface area (TPSA) is 44.4 Å². The number of anilines is 3. The van der Waals surface area contributed by atoms with Gasteiger partial charge in [-0.1, -0.05) is 6.92 Å². The number of nitrogens with one attached hydrogen (secondary N) is 2.